The molecule has 5 rings (SSSR count). The molecule has 0 spiro atoms. The number of amides is 1. The molecule has 0 saturated carbocycles. The Balaban J connectivity index is 1.57. The lowest BCUT2D eigenvalue weighted by atomic mass is 9.94. The van der Waals surface area contributed by atoms with Crippen LogP contribution in [0, 0.1) is 5.92 Å². The Labute approximate surface area is 246 Å². The number of nitrogens with zero attached hydrogens (tertiary/aromatic N) is 1. The molecule has 0 aliphatic carbocycles. The third kappa shape index (κ3) is 6.22. The highest BCUT2D eigenvalue weighted by Gasteiger charge is 2.46. The van der Waals surface area contributed by atoms with Gasteiger partial charge in [-0.2, -0.15) is 0 Å². The van der Waals surface area contributed by atoms with E-state index in [1.54, 1.807) is 24.3 Å². The van der Waals surface area contributed by atoms with Gasteiger partial charge in [-0.1, -0.05) is 50.2 Å². The van der Waals surface area contributed by atoms with Gasteiger partial charge >= 0.3 is 0 Å². The second kappa shape index (κ2) is 13.0. The summed E-state index contributed by atoms with van der Waals surface area (Å²) in [6, 6.07) is 19.4. The van der Waals surface area contributed by atoms with Crippen LogP contribution >= 0.6 is 0 Å². The van der Waals surface area contributed by atoms with Crippen LogP contribution in [0.4, 0.5) is 0 Å². The third-order valence-electron chi connectivity index (χ3n) is 7.38. The first-order chi connectivity index (χ1) is 20.4. The van der Waals surface area contributed by atoms with Crippen LogP contribution < -0.4 is 18.9 Å². The second-order valence-corrected chi connectivity index (χ2v) is 10.8. The predicted molar refractivity (Wildman–Crippen MR) is 159 cm³/mol. The number of hydrogen-bond donors (Lipinski definition) is 1. The standard InChI is InChI=1S/C34H37NO7/c1-4-39-28-20-24(10-12-26(28)40-17-15-22(2)3)31-30(32(36)25-11-13-27-29(21-25)42-19-18-41-27)33(37)34(38)35(31)16-14-23-8-6-5-7-9-23/h5-13,20-22,31,36H,4,14-19H2,1-3H3/b32-30+/t31-/m1/s1. The van der Waals surface area contributed by atoms with E-state index in [1.807, 2.05) is 49.4 Å². The maximum Gasteiger partial charge on any atom is 0.295 e. The number of likely N-dealkylation sites (tertiary alicyclic amines) is 1. The van der Waals surface area contributed by atoms with Gasteiger partial charge in [0.05, 0.1) is 24.8 Å². The summed E-state index contributed by atoms with van der Waals surface area (Å²) in [5, 5.41) is 11.6. The molecule has 42 heavy (non-hydrogen) atoms. The van der Waals surface area contributed by atoms with Gasteiger partial charge in [0, 0.05) is 12.1 Å². The van der Waals surface area contributed by atoms with Gasteiger partial charge < -0.3 is 29.0 Å². The minimum Gasteiger partial charge on any atom is -0.507 e. The Morgan fingerprint density at radius 2 is 1.71 bits per heavy atom. The molecule has 2 aliphatic rings. The van der Waals surface area contributed by atoms with Crippen molar-refractivity contribution in [2.75, 3.05) is 33.0 Å². The Hall–Kier alpha value is -4.46. The van der Waals surface area contributed by atoms with Crippen molar-refractivity contribution in [3.05, 3.63) is 89.0 Å². The molecule has 2 heterocycles. The van der Waals surface area contributed by atoms with E-state index in [0.717, 1.165) is 12.0 Å². The van der Waals surface area contributed by atoms with Crippen LogP contribution in [0.3, 0.4) is 0 Å². The summed E-state index contributed by atoms with van der Waals surface area (Å²) < 4.78 is 23.3. The Bertz CT molecular complexity index is 1460. The van der Waals surface area contributed by atoms with E-state index in [9.17, 15) is 14.7 Å². The summed E-state index contributed by atoms with van der Waals surface area (Å²) in [5.41, 5.74) is 2.06. The highest BCUT2D eigenvalue weighted by atomic mass is 16.6. The largest absolute Gasteiger partial charge is 0.507 e. The highest BCUT2D eigenvalue weighted by molar-refractivity contribution is 6.46. The molecule has 1 fully saturated rings. The monoisotopic (exact) mass is 571 g/mol. The van der Waals surface area contributed by atoms with E-state index in [2.05, 4.69) is 13.8 Å². The number of Topliss-reactive ketones (excluding diaryl/α,β-unsaturated/α-hetero) is 1. The molecular formula is C34H37NO7. The van der Waals surface area contributed by atoms with Gasteiger partial charge in [0.25, 0.3) is 11.7 Å². The number of ether oxygens (including phenoxy) is 4. The van der Waals surface area contributed by atoms with Crippen molar-refractivity contribution in [1.29, 1.82) is 0 Å². The van der Waals surface area contributed by atoms with E-state index in [-0.39, 0.29) is 17.9 Å². The fourth-order valence-corrected chi connectivity index (χ4v) is 5.18. The first-order valence-corrected chi connectivity index (χ1v) is 14.5. The van der Waals surface area contributed by atoms with Crippen LogP contribution in [0.1, 0.15) is 49.9 Å². The van der Waals surface area contributed by atoms with Gasteiger partial charge in [-0.05, 0) is 67.1 Å². The smallest absolute Gasteiger partial charge is 0.295 e. The lowest BCUT2D eigenvalue weighted by Crippen LogP contribution is -2.31. The molecule has 0 unspecified atom stereocenters. The number of carbonyl (C=O) groups excluding carboxylic acids is 2. The number of aliphatic hydroxyl groups excluding tert-OH is 1. The topological polar surface area (TPSA) is 94.5 Å². The average molecular weight is 572 g/mol. The van der Waals surface area contributed by atoms with Crippen molar-refractivity contribution < 1.29 is 33.6 Å². The average Bonchev–Trinajstić information content (AvgIpc) is 3.25. The molecule has 8 nitrogen and oxygen atoms in total. The molecule has 3 aromatic rings. The van der Waals surface area contributed by atoms with Gasteiger partial charge in [0.15, 0.2) is 23.0 Å². The molecule has 1 N–H and O–H groups in total. The molecule has 1 amide bonds. The fraction of sp³-hybridized carbons (Fsp3) is 0.353. The molecular weight excluding hydrogens is 534 g/mol. The number of hydrogen-bond acceptors (Lipinski definition) is 7. The van der Waals surface area contributed by atoms with Crippen LogP contribution in [-0.4, -0.2) is 54.7 Å². The second-order valence-electron chi connectivity index (χ2n) is 10.8. The third-order valence-corrected chi connectivity index (χ3v) is 7.38. The summed E-state index contributed by atoms with van der Waals surface area (Å²) in [6.45, 7) is 8.21. The number of fused-ring (bicyclic) bond motifs is 1. The zero-order chi connectivity index (χ0) is 29.6. The van der Waals surface area contributed by atoms with Gasteiger partial charge in [0.1, 0.15) is 19.0 Å². The van der Waals surface area contributed by atoms with Gasteiger partial charge in [-0.3, -0.25) is 9.59 Å². The molecule has 220 valence electrons. The summed E-state index contributed by atoms with van der Waals surface area (Å²) in [6.07, 6.45) is 1.44. The molecule has 0 aromatic heterocycles. The molecule has 1 atom stereocenters. The van der Waals surface area contributed by atoms with Crippen LogP contribution in [0.25, 0.3) is 5.76 Å². The predicted octanol–water partition coefficient (Wildman–Crippen LogP) is 5.95. The number of carbonyl (C=O) groups is 2. The summed E-state index contributed by atoms with van der Waals surface area (Å²) in [7, 11) is 0. The Morgan fingerprint density at radius 1 is 0.952 bits per heavy atom. The fourth-order valence-electron chi connectivity index (χ4n) is 5.18. The molecule has 1 saturated heterocycles. The van der Waals surface area contributed by atoms with Crippen LogP contribution in [0.5, 0.6) is 23.0 Å². The summed E-state index contributed by atoms with van der Waals surface area (Å²) in [5.74, 6) is 0.966. The minimum atomic E-state index is -0.828. The quantitative estimate of drug-likeness (QED) is 0.173. The maximum atomic E-state index is 13.6. The number of benzene rings is 3. The van der Waals surface area contributed by atoms with Gasteiger partial charge in [-0.25, -0.2) is 0 Å². The lowest BCUT2D eigenvalue weighted by Gasteiger charge is -2.26. The molecule has 3 aromatic carbocycles. The van der Waals surface area contributed by atoms with Crippen molar-refractivity contribution in [3.63, 3.8) is 0 Å². The normalized spacial score (nSPS) is 17.5. The number of rotatable bonds is 11. The van der Waals surface area contributed by atoms with Crippen LogP contribution in [0.15, 0.2) is 72.3 Å². The zero-order valence-electron chi connectivity index (χ0n) is 24.3. The first-order valence-electron chi connectivity index (χ1n) is 14.5. The zero-order valence-corrected chi connectivity index (χ0v) is 24.3. The first kappa shape index (κ1) is 29.0. The number of aliphatic hydroxyl groups is 1. The van der Waals surface area contributed by atoms with Crippen molar-refractivity contribution in [2.45, 2.75) is 39.7 Å². The SMILES string of the molecule is CCOc1cc([C@@H]2/C(=C(\O)c3ccc4c(c3)OCCO4)C(=O)C(=O)N2CCc2ccccc2)ccc1OCCC(C)C. The molecule has 2 aliphatic heterocycles. The van der Waals surface area contributed by atoms with Crippen molar-refractivity contribution >= 4 is 17.4 Å². The number of ketones is 1. The van der Waals surface area contributed by atoms with E-state index in [1.165, 1.54) is 4.90 Å². The van der Waals surface area contributed by atoms with Gasteiger partial charge in [-0.15, -0.1) is 0 Å². The van der Waals surface area contributed by atoms with Crippen LogP contribution in [0.2, 0.25) is 0 Å². The van der Waals surface area contributed by atoms with E-state index in [0.29, 0.717) is 72.9 Å². The lowest BCUT2D eigenvalue weighted by molar-refractivity contribution is -0.139. The molecule has 0 bridgehead atoms. The molecule has 0 radical (unpaired) electrons. The maximum absolute atomic E-state index is 13.6. The Morgan fingerprint density at radius 3 is 2.45 bits per heavy atom. The molecule has 8 heteroatoms. The van der Waals surface area contributed by atoms with E-state index in [4.69, 9.17) is 18.9 Å². The minimum absolute atomic E-state index is 0.0145. The summed E-state index contributed by atoms with van der Waals surface area (Å²) in [4.78, 5) is 28.6. The van der Waals surface area contributed by atoms with Crippen molar-refractivity contribution in [3.8, 4) is 23.0 Å². The van der Waals surface area contributed by atoms with E-state index < -0.39 is 17.7 Å². The Kier molecular flexibility index (Phi) is 9.00. The van der Waals surface area contributed by atoms with Crippen molar-refractivity contribution in [1.82, 2.24) is 4.90 Å². The highest BCUT2D eigenvalue weighted by Crippen LogP contribution is 2.43. The van der Waals surface area contributed by atoms with Crippen LogP contribution in [-0.2, 0) is 16.0 Å². The van der Waals surface area contributed by atoms with Gasteiger partial charge in [0.2, 0.25) is 0 Å². The van der Waals surface area contributed by atoms with Crippen molar-refractivity contribution in [2.24, 2.45) is 5.92 Å². The summed E-state index contributed by atoms with van der Waals surface area (Å²) >= 11 is 0. The van der Waals surface area contributed by atoms with E-state index >= 15 is 0 Å².